The normalized spacial score (nSPS) is 9.55. The summed E-state index contributed by atoms with van der Waals surface area (Å²) in [5.41, 5.74) is 6.70. The molecule has 3 amide bonds. The first-order valence-corrected chi connectivity index (χ1v) is 5.92. The van der Waals surface area contributed by atoms with Crippen LogP contribution >= 0.6 is 0 Å². The lowest BCUT2D eigenvalue weighted by Gasteiger charge is -2.10. The summed E-state index contributed by atoms with van der Waals surface area (Å²) in [5.74, 6) is -1.02. The molecule has 0 aliphatic carbocycles. The number of hydrogen-bond acceptors (Lipinski definition) is 4. The molecule has 0 fully saturated rings. The van der Waals surface area contributed by atoms with Gasteiger partial charge >= 0.3 is 12.0 Å². The average molecular weight is 279 g/mol. The number of urea groups is 1. The van der Waals surface area contributed by atoms with Gasteiger partial charge in [0.2, 0.25) is 0 Å². The maximum atomic E-state index is 11.8. The van der Waals surface area contributed by atoms with Crippen LogP contribution in [-0.4, -0.2) is 31.6 Å². The van der Waals surface area contributed by atoms with Crippen LogP contribution in [0.1, 0.15) is 21.5 Å². The Kier molecular flexibility index (Phi) is 5.52. The van der Waals surface area contributed by atoms with Crippen molar-refractivity contribution in [2.75, 3.05) is 13.7 Å². The molecule has 0 saturated heterocycles. The van der Waals surface area contributed by atoms with Gasteiger partial charge in [-0.2, -0.15) is 0 Å². The van der Waals surface area contributed by atoms with Gasteiger partial charge in [-0.15, -0.1) is 0 Å². The van der Waals surface area contributed by atoms with E-state index in [4.69, 9.17) is 0 Å². The predicted octanol–water partition coefficient (Wildman–Crippen LogP) is 0.420. The van der Waals surface area contributed by atoms with Crippen molar-refractivity contribution >= 4 is 17.9 Å². The fourth-order valence-corrected chi connectivity index (χ4v) is 1.52. The molecule has 0 heterocycles. The van der Waals surface area contributed by atoms with Gasteiger partial charge < -0.3 is 10.1 Å². The second-order valence-corrected chi connectivity index (χ2v) is 4.16. The van der Waals surface area contributed by atoms with Crippen molar-refractivity contribution < 1.29 is 19.1 Å². The molecule has 1 aromatic carbocycles. The molecule has 1 rings (SSSR count). The van der Waals surface area contributed by atoms with Crippen molar-refractivity contribution in [2.45, 2.75) is 13.8 Å². The van der Waals surface area contributed by atoms with Crippen molar-refractivity contribution in [3.05, 3.63) is 34.9 Å². The van der Waals surface area contributed by atoms with Gasteiger partial charge in [0.1, 0.15) is 6.54 Å². The van der Waals surface area contributed by atoms with Crippen molar-refractivity contribution in [1.29, 1.82) is 0 Å². The summed E-state index contributed by atoms with van der Waals surface area (Å²) < 4.78 is 4.35. The molecule has 1 aromatic rings. The van der Waals surface area contributed by atoms with E-state index in [2.05, 4.69) is 20.9 Å². The Bertz CT molecular complexity index is 528. The van der Waals surface area contributed by atoms with Crippen LogP contribution < -0.4 is 16.2 Å². The largest absolute Gasteiger partial charge is 0.468 e. The van der Waals surface area contributed by atoms with Crippen molar-refractivity contribution in [3.8, 4) is 0 Å². The minimum Gasteiger partial charge on any atom is -0.468 e. The highest BCUT2D eigenvalue weighted by Crippen LogP contribution is 2.09. The molecule has 0 aromatic heterocycles. The molecular formula is C13H17N3O4. The van der Waals surface area contributed by atoms with Crippen molar-refractivity contribution in [2.24, 2.45) is 0 Å². The van der Waals surface area contributed by atoms with Gasteiger partial charge in [-0.1, -0.05) is 17.7 Å². The van der Waals surface area contributed by atoms with E-state index in [9.17, 15) is 14.4 Å². The summed E-state index contributed by atoms with van der Waals surface area (Å²) in [6, 6.07) is 4.65. The second-order valence-electron chi connectivity index (χ2n) is 4.16. The fraction of sp³-hybridized carbons (Fsp3) is 0.308. The molecule has 20 heavy (non-hydrogen) atoms. The van der Waals surface area contributed by atoms with Crippen LogP contribution in [0.4, 0.5) is 4.79 Å². The van der Waals surface area contributed by atoms with Crippen LogP contribution in [0.2, 0.25) is 0 Å². The Labute approximate surface area is 116 Å². The maximum absolute atomic E-state index is 11.8. The third-order valence-corrected chi connectivity index (χ3v) is 2.54. The van der Waals surface area contributed by atoms with Crippen LogP contribution in [0.3, 0.4) is 0 Å². The number of methoxy groups -OCH3 is 1. The molecule has 0 bridgehead atoms. The monoisotopic (exact) mass is 279 g/mol. The second kappa shape index (κ2) is 7.13. The van der Waals surface area contributed by atoms with E-state index < -0.39 is 17.9 Å². The zero-order chi connectivity index (χ0) is 15.1. The first-order valence-electron chi connectivity index (χ1n) is 5.92. The molecule has 7 nitrogen and oxygen atoms in total. The van der Waals surface area contributed by atoms with Gasteiger partial charge in [0, 0.05) is 5.56 Å². The lowest BCUT2D eigenvalue weighted by molar-refractivity contribution is -0.139. The van der Waals surface area contributed by atoms with Gasteiger partial charge in [-0.05, 0) is 25.5 Å². The predicted molar refractivity (Wildman–Crippen MR) is 71.9 cm³/mol. The minimum absolute atomic E-state index is 0.276. The minimum atomic E-state index is -0.700. The summed E-state index contributed by atoms with van der Waals surface area (Å²) in [4.78, 5) is 33.9. The molecule has 0 spiro atoms. The number of benzene rings is 1. The molecular weight excluding hydrogens is 262 g/mol. The summed E-state index contributed by atoms with van der Waals surface area (Å²) >= 11 is 0. The molecule has 0 unspecified atom stereocenters. The van der Waals surface area contributed by atoms with Crippen LogP contribution in [0.5, 0.6) is 0 Å². The molecule has 0 saturated carbocycles. The number of amides is 3. The molecule has 7 heteroatoms. The summed E-state index contributed by atoms with van der Waals surface area (Å²) in [6.07, 6.45) is 0. The third-order valence-electron chi connectivity index (χ3n) is 2.54. The molecule has 0 aliphatic rings. The lowest BCUT2D eigenvalue weighted by atomic mass is 10.1. The summed E-state index contributed by atoms with van der Waals surface area (Å²) in [5, 5.41) is 2.22. The summed E-state index contributed by atoms with van der Waals surface area (Å²) in [6.45, 7) is 3.45. The first-order chi connectivity index (χ1) is 9.43. The number of carbonyl (C=O) groups is 3. The first kappa shape index (κ1) is 15.5. The van der Waals surface area contributed by atoms with E-state index in [1.165, 1.54) is 7.11 Å². The highest BCUT2D eigenvalue weighted by Gasteiger charge is 2.10. The smallest absolute Gasteiger partial charge is 0.333 e. The van der Waals surface area contributed by atoms with E-state index in [0.29, 0.717) is 5.56 Å². The topological polar surface area (TPSA) is 96.5 Å². The highest BCUT2D eigenvalue weighted by atomic mass is 16.5. The number of rotatable bonds is 3. The van der Waals surface area contributed by atoms with Crippen LogP contribution in [0.25, 0.3) is 0 Å². The van der Waals surface area contributed by atoms with Gasteiger partial charge in [0.05, 0.1) is 7.11 Å². The number of hydrogen-bond donors (Lipinski definition) is 3. The standard InChI is InChI=1S/C13H17N3O4/c1-8-4-5-10(9(2)6-8)12(18)15-16-13(19)14-7-11(17)20-3/h4-6H,7H2,1-3H3,(H,15,18)(H2,14,16,19). The van der Waals surface area contributed by atoms with E-state index in [1.807, 2.05) is 13.0 Å². The maximum Gasteiger partial charge on any atom is 0.333 e. The van der Waals surface area contributed by atoms with Crippen LogP contribution in [-0.2, 0) is 9.53 Å². The number of hydrazine groups is 1. The van der Waals surface area contributed by atoms with E-state index in [-0.39, 0.29) is 6.54 Å². The number of aryl methyl sites for hydroxylation is 2. The van der Waals surface area contributed by atoms with E-state index >= 15 is 0 Å². The van der Waals surface area contributed by atoms with Gasteiger partial charge in [0.15, 0.2) is 0 Å². The highest BCUT2D eigenvalue weighted by molar-refractivity contribution is 5.96. The van der Waals surface area contributed by atoms with Gasteiger partial charge in [-0.3, -0.25) is 15.0 Å². The Hall–Kier alpha value is -2.57. The average Bonchev–Trinajstić information content (AvgIpc) is 2.42. The van der Waals surface area contributed by atoms with Crippen molar-refractivity contribution in [3.63, 3.8) is 0 Å². The molecule has 0 aliphatic heterocycles. The zero-order valence-corrected chi connectivity index (χ0v) is 11.6. The quantitative estimate of drug-likeness (QED) is 0.552. The summed E-state index contributed by atoms with van der Waals surface area (Å²) in [7, 11) is 1.21. The molecule has 3 N–H and O–H groups in total. The Morgan fingerprint density at radius 2 is 1.85 bits per heavy atom. The number of carbonyl (C=O) groups excluding carboxylic acids is 3. The Morgan fingerprint density at radius 3 is 2.45 bits per heavy atom. The lowest BCUT2D eigenvalue weighted by Crippen LogP contribution is -2.48. The number of nitrogens with one attached hydrogen (secondary N) is 3. The van der Waals surface area contributed by atoms with Crippen molar-refractivity contribution in [1.82, 2.24) is 16.2 Å². The third kappa shape index (κ3) is 4.60. The number of esters is 1. The van der Waals surface area contributed by atoms with Gasteiger partial charge in [0.25, 0.3) is 5.91 Å². The van der Waals surface area contributed by atoms with E-state index in [1.54, 1.807) is 19.1 Å². The van der Waals surface area contributed by atoms with Crippen LogP contribution in [0, 0.1) is 13.8 Å². The van der Waals surface area contributed by atoms with Crippen LogP contribution in [0.15, 0.2) is 18.2 Å². The Balaban J connectivity index is 2.47. The Morgan fingerprint density at radius 1 is 1.15 bits per heavy atom. The SMILES string of the molecule is COC(=O)CNC(=O)NNC(=O)c1ccc(C)cc1C. The molecule has 0 atom stereocenters. The zero-order valence-electron chi connectivity index (χ0n) is 11.6. The molecule has 108 valence electrons. The molecule has 0 radical (unpaired) electrons. The van der Waals surface area contributed by atoms with E-state index in [0.717, 1.165) is 11.1 Å². The fourth-order valence-electron chi connectivity index (χ4n) is 1.52. The van der Waals surface area contributed by atoms with Gasteiger partial charge in [-0.25, -0.2) is 10.2 Å². The number of ether oxygens (including phenoxy) is 1.